The Morgan fingerprint density at radius 2 is 2.05 bits per heavy atom. The largest absolute Gasteiger partial charge is 0.389 e. The van der Waals surface area contributed by atoms with Gasteiger partial charge in [-0.2, -0.15) is 0 Å². The summed E-state index contributed by atoms with van der Waals surface area (Å²) in [5, 5.41) is 21.7. The maximum absolute atomic E-state index is 10.6. The number of aliphatic hydroxyl groups excluding tert-OH is 2. The average Bonchev–Trinajstić information content (AvgIpc) is 2.37. The third kappa shape index (κ3) is 6.33. The summed E-state index contributed by atoms with van der Waals surface area (Å²) in [5.74, 6) is -0.222. The van der Waals surface area contributed by atoms with Gasteiger partial charge in [0, 0.05) is 13.1 Å². The molecule has 4 unspecified atom stereocenters. The third-order valence-corrected chi connectivity index (χ3v) is 3.58. The van der Waals surface area contributed by atoms with Crippen molar-refractivity contribution in [2.75, 3.05) is 19.7 Å². The summed E-state index contributed by atoms with van der Waals surface area (Å²) in [4.78, 5) is 10.6. The van der Waals surface area contributed by atoms with E-state index in [1.54, 1.807) is 0 Å². The smallest absolute Gasteiger partial charge is 0.247 e. The fourth-order valence-electron chi connectivity index (χ4n) is 2.31. The zero-order valence-electron chi connectivity index (χ0n) is 11.5. The molecule has 0 aromatic carbocycles. The maximum atomic E-state index is 10.6. The molecule has 112 valence electrons. The van der Waals surface area contributed by atoms with E-state index < -0.39 is 18.1 Å². The van der Waals surface area contributed by atoms with Crippen LogP contribution in [0.2, 0.25) is 0 Å². The number of carbonyl (C=O) groups excluding carboxylic acids is 1. The second-order valence-electron chi connectivity index (χ2n) is 5.36. The first-order chi connectivity index (χ1) is 9.00. The minimum absolute atomic E-state index is 0.0478. The average molecular weight is 274 g/mol. The first-order valence-corrected chi connectivity index (χ1v) is 6.98. The summed E-state index contributed by atoms with van der Waals surface area (Å²) in [6.45, 7) is 2.77. The highest BCUT2D eigenvalue weighted by atomic mass is 16.5. The van der Waals surface area contributed by atoms with Crippen LogP contribution >= 0.6 is 0 Å². The number of nitrogens with two attached hydrogens (primary N) is 1. The molecule has 5 N–H and O–H groups in total. The lowest BCUT2D eigenvalue weighted by Gasteiger charge is -2.29. The predicted octanol–water partition coefficient (Wildman–Crippen LogP) is -0.622. The van der Waals surface area contributed by atoms with E-state index in [0.29, 0.717) is 5.92 Å². The van der Waals surface area contributed by atoms with Crippen molar-refractivity contribution >= 4 is 5.91 Å². The van der Waals surface area contributed by atoms with Crippen molar-refractivity contribution in [3.63, 3.8) is 0 Å². The van der Waals surface area contributed by atoms with Crippen LogP contribution in [0.3, 0.4) is 0 Å². The molecule has 0 aromatic rings. The van der Waals surface area contributed by atoms with Gasteiger partial charge in [0.2, 0.25) is 5.91 Å². The molecular formula is C13H26N2O4. The van der Waals surface area contributed by atoms with Crippen molar-refractivity contribution in [3.05, 3.63) is 0 Å². The second kappa shape index (κ2) is 8.47. The minimum atomic E-state index is -1.22. The van der Waals surface area contributed by atoms with Gasteiger partial charge in [0.1, 0.15) is 6.10 Å². The van der Waals surface area contributed by atoms with E-state index in [0.717, 1.165) is 6.42 Å². The SMILES string of the molecule is CC1CCCCC1OCC(O)CNCC(O)C(N)=O. The molecule has 0 saturated heterocycles. The highest BCUT2D eigenvalue weighted by molar-refractivity contribution is 5.78. The summed E-state index contributed by atoms with van der Waals surface area (Å²) in [7, 11) is 0. The van der Waals surface area contributed by atoms with E-state index in [2.05, 4.69) is 12.2 Å². The number of nitrogens with one attached hydrogen (secondary N) is 1. The maximum Gasteiger partial charge on any atom is 0.247 e. The monoisotopic (exact) mass is 274 g/mol. The van der Waals surface area contributed by atoms with E-state index in [9.17, 15) is 9.90 Å². The molecule has 19 heavy (non-hydrogen) atoms. The number of aliphatic hydroxyl groups is 2. The lowest BCUT2D eigenvalue weighted by molar-refractivity contribution is -0.125. The van der Waals surface area contributed by atoms with Crippen LogP contribution in [0.25, 0.3) is 0 Å². The number of primary amides is 1. The number of ether oxygens (including phenoxy) is 1. The van der Waals surface area contributed by atoms with Crippen molar-refractivity contribution in [1.82, 2.24) is 5.32 Å². The van der Waals surface area contributed by atoms with Gasteiger partial charge in [0.25, 0.3) is 0 Å². The van der Waals surface area contributed by atoms with Gasteiger partial charge in [-0.3, -0.25) is 4.79 Å². The van der Waals surface area contributed by atoms with Crippen LogP contribution in [-0.2, 0) is 9.53 Å². The van der Waals surface area contributed by atoms with Crippen LogP contribution < -0.4 is 11.1 Å². The highest BCUT2D eigenvalue weighted by Crippen LogP contribution is 2.26. The van der Waals surface area contributed by atoms with Crippen LogP contribution in [0.4, 0.5) is 0 Å². The number of amides is 1. The Labute approximate surface area is 114 Å². The molecule has 1 saturated carbocycles. The van der Waals surface area contributed by atoms with Crippen LogP contribution in [0.5, 0.6) is 0 Å². The molecule has 0 spiro atoms. The Bertz CT molecular complexity index is 275. The molecule has 1 rings (SSSR count). The topological polar surface area (TPSA) is 105 Å². The van der Waals surface area contributed by atoms with E-state index in [-0.39, 0.29) is 25.8 Å². The Hall–Kier alpha value is -0.690. The molecular weight excluding hydrogens is 248 g/mol. The minimum Gasteiger partial charge on any atom is -0.389 e. The number of hydrogen-bond donors (Lipinski definition) is 4. The number of carbonyl (C=O) groups is 1. The van der Waals surface area contributed by atoms with E-state index >= 15 is 0 Å². The van der Waals surface area contributed by atoms with Crippen LogP contribution in [0.15, 0.2) is 0 Å². The molecule has 6 heteroatoms. The van der Waals surface area contributed by atoms with Gasteiger partial charge < -0.3 is 26.0 Å². The van der Waals surface area contributed by atoms with Gasteiger partial charge in [-0.15, -0.1) is 0 Å². The zero-order chi connectivity index (χ0) is 14.3. The Morgan fingerprint density at radius 1 is 1.37 bits per heavy atom. The van der Waals surface area contributed by atoms with E-state index in [4.69, 9.17) is 15.6 Å². The molecule has 1 aliphatic carbocycles. The van der Waals surface area contributed by atoms with Gasteiger partial charge >= 0.3 is 0 Å². The van der Waals surface area contributed by atoms with E-state index in [1.165, 1.54) is 19.3 Å². The molecule has 0 aromatic heterocycles. The summed E-state index contributed by atoms with van der Waals surface area (Å²) >= 11 is 0. The molecule has 1 amide bonds. The normalized spacial score (nSPS) is 26.9. The first kappa shape index (κ1) is 16.4. The molecule has 0 bridgehead atoms. The molecule has 6 nitrogen and oxygen atoms in total. The van der Waals surface area contributed by atoms with Crippen molar-refractivity contribution in [3.8, 4) is 0 Å². The molecule has 0 aliphatic heterocycles. The van der Waals surface area contributed by atoms with Crippen molar-refractivity contribution in [1.29, 1.82) is 0 Å². The van der Waals surface area contributed by atoms with Gasteiger partial charge in [-0.25, -0.2) is 0 Å². The first-order valence-electron chi connectivity index (χ1n) is 6.98. The zero-order valence-corrected chi connectivity index (χ0v) is 11.5. The highest BCUT2D eigenvalue weighted by Gasteiger charge is 2.22. The molecule has 1 fully saturated rings. The van der Waals surface area contributed by atoms with Gasteiger partial charge in [-0.05, 0) is 18.8 Å². The Morgan fingerprint density at radius 3 is 2.68 bits per heavy atom. The quantitative estimate of drug-likeness (QED) is 0.472. The second-order valence-corrected chi connectivity index (χ2v) is 5.36. The summed E-state index contributed by atoms with van der Waals surface area (Å²) in [6, 6.07) is 0. The predicted molar refractivity (Wildman–Crippen MR) is 71.4 cm³/mol. The van der Waals surface area contributed by atoms with Gasteiger partial charge in [0.15, 0.2) is 0 Å². The number of rotatable bonds is 8. The van der Waals surface area contributed by atoms with Gasteiger partial charge in [-0.1, -0.05) is 19.8 Å². The molecule has 0 radical (unpaired) electrons. The fraction of sp³-hybridized carbons (Fsp3) is 0.923. The fourth-order valence-corrected chi connectivity index (χ4v) is 2.31. The summed E-state index contributed by atoms with van der Waals surface area (Å²) in [5.41, 5.74) is 4.91. The Kier molecular flexibility index (Phi) is 7.30. The lowest BCUT2D eigenvalue weighted by atomic mass is 9.88. The summed E-state index contributed by atoms with van der Waals surface area (Å²) < 4.78 is 5.72. The van der Waals surface area contributed by atoms with Crippen LogP contribution in [0.1, 0.15) is 32.6 Å². The number of hydrogen-bond acceptors (Lipinski definition) is 5. The van der Waals surface area contributed by atoms with Crippen molar-refractivity contribution in [2.24, 2.45) is 11.7 Å². The lowest BCUT2D eigenvalue weighted by Crippen LogP contribution is -2.41. The van der Waals surface area contributed by atoms with Gasteiger partial charge in [0.05, 0.1) is 18.8 Å². The van der Waals surface area contributed by atoms with Crippen molar-refractivity contribution in [2.45, 2.75) is 50.9 Å². The van der Waals surface area contributed by atoms with Crippen molar-refractivity contribution < 1.29 is 19.7 Å². The molecule has 4 atom stereocenters. The standard InChI is InChI=1S/C13H26N2O4/c1-9-4-2-3-5-12(9)19-8-10(16)6-15-7-11(17)13(14)18/h9-12,15-17H,2-8H2,1H3,(H2,14,18). The Balaban J connectivity index is 2.10. The van der Waals surface area contributed by atoms with Crippen LogP contribution in [0, 0.1) is 5.92 Å². The molecule has 0 heterocycles. The van der Waals surface area contributed by atoms with E-state index in [1.807, 2.05) is 0 Å². The summed E-state index contributed by atoms with van der Waals surface area (Å²) in [6.07, 6.45) is 3.07. The third-order valence-electron chi connectivity index (χ3n) is 3.58. The van der Waals surface area contributed by atoms with Crippen LogP contribution in [-0.4, -0.2) is 54.1 Å². The molecule has 1 aliphatic rings.